The molecule has 0 saturated heterocycles. The van der Waals surface area contributed by atoms with Crippen LogP contribution in [0.1, 0.15) is 36.7 Å². The molecule has 0 saturated carbocycles. The smallest absolute Gasteiger partial charge is 0.262 e. The van der Waals surface area contributed by atoms with E-state index in [0.717, 1.165) is 11.3 Å². The quantitative estimate of drug-likeness (QED) is 0.235. The minimum absolute atomic E-state index is 0.0300. The Morgan fingerprint density at radius 1 is 1.05 bits per heavy atom. The van der Waals surface area contributed by atoms with Crippen molar-refractivity contribution in [3.63, 3.8) is 0 Å². The Labute approximate surface area is 224 Å². The average molecular weight is 533 g/mol. The molecule has 188 valence electrons. The van der Waals surface area contributed by atoms with Crippen molar-refractivity contribution in [2.45, 2.75) is 31.3 Å². The molecule has 1 aliphatic rings. The maximum absolute atomic E-state index is 13.0. The molecule has 4 aromatic rings. The van der Waals surface area contributed by atoms with Crippen molar-refractivity contribution in [1.82, 2.24) is 14.8 Å². The second kappa shape index (κ2) is 10.0. The molecule has 9 heteroatoms. The number of Topliss-reactive ketones (excluding diaryl/α,β-unsaturated/α-hetero) is 1. The van der Waals surface area contributed by atoms with Crippen LogP contribution in [0.4, 0.5) is 5.69 Å². The van der Waals surface area contributed by atoms with Gasteiger partial charge in [0, 0.05) is 21.8 Å². The fourth-order valence-electron chi connectivity index (χ4n) is 3.96. The van der Waals surface area contributed by atoms with Gasteiger partial charge in [-0.05, 0) is 53.4 Å². The lowest BCUT2D eigenvalue weighted by Gasteiger charge is -2.19. The summed E-state index contributed by atoms with van der Waals surface area (Å²) >= 11 is 7.43. The number of aromatic nitrogens is 3. The van der Waals surface area contributed by atoms with Crippen molar-refractivity contribution in [2.75, 3.05) is 17.7 Å². The number of hydrogen-bond donors (Lipinski definition) is 1. The summed E-state index contributed by atoms with van der Waals surface area (Å²) in [7, 11) is 0. The number of rotatable bonds is 6. The number of amides is 1. The van der Waals surface area contributed by atoms with E-state index in [-0.39, 0.29) is 29.5 Å². The minimum atomic E-state index is -0.245. The van der Waals surface area contributed by atoms with Crippen LogP contribution >= 0.6 is 23.4 Å². The highest BCUT2D eigenvalue weighted by molar-refractivity contribution is 7.99. The molecule has 0 fully saturated rings. The van der Waals surface area contributed by atoms with Crippen molar-refractivity contribution >= 4 is 40.7 Å². The number of halogens is 1. The highest BCUT2D eigenvalue weighted by Crippen LogP contribution is 2.32. The summed E-state index contributed by atoms with van der Waals surface area (Å²) in [6.07, 6.45) is 0. The van der Waals surface area contributed by atoms with Gasteiger partial charge in [-0.25, -0.2) is 0 Å². The number of carbonyl (C=O) groups is 2. The van der Waals surface area contributed by atoms with Crippen LogP contribution in [0.2, 0.25) is 5.02 Å². The number of ketones is 1. The van der Waals surface area contributed by atoms with E-state index in [1.54, 1.807) is 18.2 Å². The zero-order valence-corrected chi connectivity index (χ0v) is 22.2. The number of anilines is 1. The van der Waals surface area contributed by atoms with E-state index in [1.807, 2.05) is 41.0 Å². The number of nitrogens with one attached hydrogen (secondary N) is 1. The second-order valence-electron chi connectivity index (χ2n) is 9.70. The lowest BCUT2D eigenvalue weighted by Crippen LogP contribution is -2.25. The third kappa shape index (κ3) is 5.40. The Hall–Kier alpha value is -3.62. The number of fused-ring (bicyclic) bond motifs is 1. The van der Waals surface area contributed by atoms with Gasteiger partial charge >= 0.3 is 0 Å². The maximum atomic E-state index is 13.0. The number of ether oxygens (including phenoxy) is 1. The molecule has 1 N–H and O–H groups in total. The molecule has 0 atom stereocenters. The largest absolute Gasteiger partial charge is 0.482 e. The third-order valence-corrected chi connectivity index (χ3v) is 7.17. The minimum Gasteiger partial charge on any atom is -0.482 e. The van der Waals surface area contributed by atoms with Crippen molar-refractivity contribution in [3.05, 3.63) is 82.9 Å². The number of nitrogens with zero attached hydrogens (tertiary/aromatic N) is 3. The average Bonchev–Trinajstić information content (AvgIpc) is 3.30. The van der Waals surface area contributed by atoms with Crippen molar-refractivity contribution < 1.29 is 14.3 Å². The molecule has 0 aliphatic carbocycles. The van der Waals surface area contributed by atoms with E-state index in [0.29, 0.717) is 33.0 Å². The van der Waals surface area contributed by atoms with Crippen molar-refractivity contribution in [1.29, 1.82) is 0 Å². The van der Waals surface area contributed by atoms with Crippen molar-refractivity contribution in [3.8, 4) is 22.8 Å². The van der Waals surface area contributed by atoms with Crippen LogP contribution in [0.25, 0.3) is 17.1 Å². The molecule has 7 nitrogen and oxygen atoms in total. The van der Waals surface area contributed by atoms with Gasteiger partial charge in [0.2, 0.25) is 0 Å². The zero-order valence-electron chi connectivity index (χ0n) is 20.6. The first-order valence-electron chi connectivity index (χ1n) is 11.7. The standard InChI is InChI=1S/C28H25ClN4O3S/c1-28(2,3)19-7-4-17(5-8-19)26-31-32-27(33(26)21-11-9-20(29)10-12-21)37-16-23(34)18-6-13-24-22(14-18)30-25(35)15-36-24/h4-14H,15-16H2,1-3H3,(H,30,35). The first-order valence-corrected chi connectivity index (χ1v) is 13.1. The van der Waals surface area contributed by atoms with Crippen LogP contribution in [0, 0.1) is 0 Å². The lowest BCUT2D eigenvalue weighted by molar-refractivity contribution is -0.118. The van der Waals surface area contributed by atoms with Crippen LogP contribution in [0.5, 0.6) is 5.75 Å². The van der Waals surface area contributed by atoms with Crippen molar-refractivity contribution in [2.24, 2.45) is 0 Å². The van der Waals surface area contributed by atoms with Crippen LogP contribution in [0.15, 0.2) is 71.9 Å². The first-order chi connectivity index (χ1) is 17.7. The van der Waals surface area contributed by atoms with E-state index < -0.39 is 0 Å². The summed E-state index contributed by atoms with van der Waals surface area (Å²) in [5, 5.41) is 12.8. The van der Waals surface area contributed by atoms with Gasteiger partial charge in [-0.1, -0.05) is 68.4 Å². The molecule has 5 rings (SSSR count). The monoisotopic (exact) mass is 532 g/mol. The number of benzene rings is 3. The van der Waals surface area contributed by atoms with Gasteiger partial charge in [0.25, 0.3) is 5.91 Å². The fraction of sp³-hybridized carbons (Fsp3) is 0.214. The predicted molar refractivity (Wildman–Crippen MR) is 146 cm³/mol. The summed E-state index contributed by atoms with van der Waals surface area (Å²) in [6.45, 7) is 6.49. The van der Waals surface area contributed by atoms with E-state index in [2.05, 4.69) is 48.4 Å². The molecule has 2 heterocycles. The number of thioether (sulfide) groups is 1. The highest BCUT2D eigenvalue weighted by Gasteiger charge is 2.21. The fourth-order valence-corrected chi connectivity index (χ4v) is 4.93. The third-order valence-electron chi connectivity index (χ3n) is 5.99. The van der Waals surface area contributed by atoms with E-state index in [9.17, 15) is 9.59 Å². The molecule has 1 aliphatic heterocycles. The Bertz CT molecular complexity index is 1480. The maximum Gasteiger partial charge on any atom is 0.262 e. The van der Waals surface area contributed by atoms with Gasteiger partial charge < -0.3 is 10.1 Å². The molecular weight excluding hydrogens is 508 g/mol. The number of hydrogen-bond acceptors (Lipinski definition) is 6. The predicted octanol–water partition coefficient (Wildman–Crippen LogP) is 6.19. The van der Waals surface area contributed by atoms with Gasteiger partial charge in [-0.2, -0.15) is 0 Å². The molecule has 0 bridgehead atoms. The van der Waals surface area contributed by atoms with E-state index in [4.69, 9.17) is 16.3 Å². The van der Waals surface area contributed by atoms with E-state index >= 15 is 0 Å². The molecule has 0 radical (unpaired) electrons. The summed E-state index contributed by atoms with van der Waals surface area (Å²) in [5.41, 5.74) is 3.99. The summed E-state index contributed by atoms with van der Waals surface area (Å²) in [5.74, 6) is 1.02. The number of carbonyl (C=O) groups excluding carboxylic acids is 2. The highest BCUT2D eigenvalue weighted by atomic mass is 35.5. The Balaban J connectivity index is 1.43. The molecule has 1 amide bonds. The van der Waals surface area contributed by atoms with E-state index in [1.165, 1.54) is 17.3 Å². The SMILES string of the molecule is CC(C)(C)c1ccc(-c2nnc(SCC(=O)c3ccc4c(c3)NC(=O)CO4)n2-c2ccc(Cl)cc2)cc1. The lowest BCUT2D eigenvalue weighted by atomic mass is 9.87. The molecule has 37 heavy (non-hydrogen) atoms. The molecule has 3 aromatic carbocycles. The second-order valence-corrected chi connectivity index (χ2v) is 11.1. The molecule has 1 aromatic heterocycles. The van der Waals surface area contributed by atoms with Gasteiger partial charge in [0.1, 0.15) is 5.75 Å². The topological polar surface area (TPSA) is 86.1 Å². The summed E-state index contributed by atoms with van der Waals surface area (Å²) < 4.78 is 7.32. The Morgan fingerprint density at radius 2 is 1.78 bits per heavy atom. The van der Waals surface area contributed by atoms with Gasteiger partial charge in [-0.3, -0.25) is 14.2 Å². The zero-order chi connectivity index (χ0) is 26.2. The molecular formula is C28H25ClN4O3S. The van der Waals surface area contributed by atoms with Crippen LogP contribution in [-0.4, -0.2) is 38.8 Å². The Kier molecular flexibility index (Phi) is 6.79. The van der Waals surface area contributed by atoms with Crippen LogP contribution in [0.3, 0.4) is 0 Å². The normalized spacial score (nSPS) is 13.0. The summed E-state index contributed by atoms with van der Waals surface area (Å²) in [6, 6.07) is 20.7. The first kappa shape index (κ1) is 25.0. The van der Waals surface area contributed by atoms with Gasteiger partial charge in [-0.15, -0.1) is 10.2 Å². The molecule has 0 spiro atoms. The van der Waals surface area contributed by atoms with Crippen LogP contribution in [-0.2, 0) is 10.2 Å². The van der Waals surface area contributed by atoms with Gasteiger partial charge in [0.05, 0.1) is 11.4 Å². The Morgan fingerprint density at radius 3 is 2.49 bits per heavy atom. The van der Waals surface area contributed by atoms with Gasteiger partial charge in [0.15, 0.2) is 23.4 Å². The van der Waals surface area contributed by atoms with Crippen LogP contribution < -0.4 is 10.1 Å². The summed E-state index contributed by atoms with van der Waals surface area (Å²) in [4.78, 5) is 24.7. The molecule has 0 unspecified atom stereocenters.